The van der Waals surface area contributed by atoms with Crippen LogP contribution in [0.2, 0.25) is 0 Å². The molecule has 2 N–H and O–H groups in total. The maximum Gasteiger partial charge on any atom is 0.308 e. The van der Waals surface area contributed by atoms with Crippen molar-refractivity contribution in [1.29, 1.82) is 0 Å². The van der Waals surface area contributed by atoms with Gasteiger partial charge in [-0.3, -0.25) is 9.59 Å². The highest BCUT2D eigenvalue weighted by Crippen LogP contribution is 2.38. The van der Waals surface area contributed by atoms with Crippen LogP contribution in [0.15, 0.2) is 4.52 Å². The van der Waals surface area contributed by atoms with E-state index in [0.717, 1.165) is 18.7 Å². The van der Waals surface area contributed by atoms with Gasteiger partial charge in [0.1, 0.15) is 0 Å². The lowest BCUT2D eigenvalue weighted by molar-refractivity contribution is -0.142. The van der Waals surface area contributed by atoms with Crippen LogP contribution in [-0.4, -0.2) is 33.7 Å². The molecule has 0 radical (unpaired) electrons. The second-order valence-electron chi connectivity index (χ2n) is 6.64. The van der Waals surface area contributed by atoms with E-state index in [0.29, 0.717) is 37.5 Å². The predicted octanol–water partition coefficient (Wildman–Crippen LogP) is 2.13. The highest BCUT2D eigenvalue weighted by atomic mass is 16.5. The third kappa shape index (κ3) is 6.00. The molecule has 1 aromatic rings. The SMILES string of the molecule is CC(C)CC(CNC(=O)CCCc1nc(C2CC2)no1)C(=O)O. The van der Waals surface area contributed by atoms with Crippen LogP contribution in [0.1, 0.15) is 63.6 Å². The van der Waals surface area contributed by atoms with E-state index in [1.165, 1.54) is 0 Å². The van der Waals surface area contributed by atoms with Gasteiger partial charge in [0.25, 0.3) is 0 Å². The summed E-state index contributed by atoms with van der Waals surface area (Å²) in [4.78, 5) is 27.2. The van der Waals surface area contributed by atoms with Crippen molar-refractivity contribution in [2.75, 3.05) is 6.54 Å². The Morgan fingerprint density at radius 3 is 2.74 bits per heavy atom. The van der Waals surface area contributed by atoms with Crippen LogP contribution in [-0.2, 0) is 16.0 Å². The number of nitrogens with one attached hydrogen (secondary N) is 1. The monoisotopic (exact) mass is 323 g/mol. The lowest BCUT2D eigenvalue weighted by Gasteiger charge is -2.15. The van der Waals surface area contributed by atoms with Crippen molar-refractivity contribution in [3.63, 3.8) is 0 Å². The van der Waals surface area contributed by atoms with Gasteiger partial charge < -0.3 is 14.9 Å². The van der Waals surface area contributed by atoms with Crippen molar-refractivity contribution in [2.45, 2.75) is 58.3 Å². The van der Waals surface area contributed by atoms with E-state index in [1.807, 2.05) is 13.8 Å². The maximum absolute atomic E-state index is 11.8. The zero-order valence-corrected chi connectivity index (χ0v) is 13.7. The molecule has 1 heterocycles. The molecule has 1 saturated carbocycles. The van der Waals surface area contributed by atoms with Crippen molar-refractivity contribution in [1.82, 2.24) is 15.5 Å². The molecule has 1 amide bonds. The summed E-state index contributed by atoms with van der Waals surface area (Å²) in [6.07, 6.45) is 4.32. The van der Waals surface area contributed by atoms with E-state index in [2.05, 4.69) is 15.5 Å². The number of carbonyl (C=O) groups excluding carboxylic acids is 1. The normalized spacial score (nSPS) is 15.6. The number of carboxylic acid groups (broad SMARTS) is 1. The number of aryl methyl sites for hydroxylation is 1. The minimum Gasteiger partial charge on any atom is -0.481 e. The van der Waals surface area contributed by atoms with Crippen molar-refractivity contribution in [3.8, 4) is 0 Å². The Bertz CT molecular complexity index is 537. The molecular weight excluding hydrogens is 298 g/mol. The molecule has 1 fully saturated rings. The van der Waals surface area contributed by atoms with E-state index in [4.69, 9.17) is 9.63 Å². The van der Waals surface area contributed by atoms with Crippen molar-refractivity contribution < 1.29 is 19.2 Å². The van der Waals surface area contributed by atoms with Gasteiger partial charge in [-0.2, -0.15) is 4.98 Å². The number of nitrogens with zero attached hydrogens (tertiary/aromatic N) is 2. The van der Waals surface area contributed by atoms with Gasteiger partial charge in [-0.15, -0.1) is 0 Å². The molecule has 1 aromatic heterocycles. The molecule has 0 aromatic carbocycles. The van der Waals surface area contributed by atoms with Crippen LogP contribution < -0.4 is 5.32 Å². The zero-order chi connectivity index (χ0) is 16.8. The lowest BCUT2D eigenvalue weighted by atomic mass is 9.97. The van der Waals surface area contributed by atoms with Gasteiger partial charge in [0.15, 0.2) is 5.82 Å². The number of aliphatic carboxylic acids is 1. The van der Waals surface area contributed by atoms with Gasteiger partial charge in [0.05, 0.1) is 5.92 Å². The molecule has 1 aliphatic carbocycles. The van der Waals surface area contributed by atoms with Crippen LogP contribution in [0.25, 0.3) is 0 Å². The molecule has 23 heavy (non-hydrogen) atoms. The Kier molecular flexibility index (Phi) is 6.12. The van der Waals surface area contributed by atoms with Crippen LogP contribution >= 0.6 is 0 Å². The first-order valence-electron chi connectivity index (χ1n) is 8.27. The summed E-state index contributed by atoms with van der Waals surface area (Å²) in [7, 11) is 0. The first kappa shape index (κ1) is 17.4. The Balaban J connectivity index is 1.64. The highest BCUT2D eigenvalue weighted by molar-refractivity contribution is 5.77. The molecular formula is C16H25N3O4. The summed E-state index contributed by atoms with van der Waals surface area (Å²) in [6.45, 7) is 4.12. The summed E-state index contributed by atoms with van der Waals surface area (Å²) in [5, 5.41) is 15.8. The summed E-state index contributed by atoms with van der Waals surface area (Å²) < 4.78 is 5.15. The van der Waals surface area contributed by atoms with E-state index in [-0.39, 0.29) is 18.4 Å². The molecule has 2 rings (SSSR count). The summed E-state index contributed by atoms with van der Waals surface area (Å²) in [5.41, 5.74) is 0. The number of hydrogen-bond acceptors (Lipinski definition) is 5. The first-order valence-corrected chi connectivity index (χ1v) is 8.27. The standard InChI is InChI=1S/C16H25N3O4/c1-10(2)8-12(16(21)22)9-17-13(20)4-3-5-14-18-15(19-23-14)11-6-7-11/h10-12H,3-9H2,1-2H3,(H,17,20)(H,21,22). The van der Waals surface area contributed by atoms with E-state index >= 15 is 0 Å². The largest absolute Gasteiger partial charge is 0.481 e. The smallest absolute Gasteiger partial charge is 0.308 e. The highest BCUT2D eigenvalue weighted by Gasteiger charge is 2.28. The Hall–Kier alpha value is -1.92. The summed E-state index contributed by atoms with van der Waals surface area (Å²) in [5.74, 6) is 0.566. The fourth-order valence-electron chi connectivity index (χ4n) is 2.44. The van der Waals surface area contributed by atoms with Gasteiger partial charge in [0.2, 0.25) is 11.8 Å². The number of amides is 1. The van der Waals surface area contributed by atoms with Crippen LogP contribution in [0.3, 0.4) is 0 Å². The molecule has 0 spiro atoms. The van der Waals surface area contributed by atoms with Crippen LogP contribution in [0.4, 0.5) is 0 Å². The minimum absolute atomic E-state index is 0.137. The fraction of sp³-hybridized carbons (Fsp3) is 0.750. The average molecular weight is 323 g/mol. The molecule has 1 aliphatic rings. The predicted molar refractivity (Wildman–Crippen MR) is 82.8 cm³/mol. The van der Waals surface area contributed by atoms with Crippen molar-refractivity contribution in [2.24, 2.45) is 11.8 Å². The number of rotatable bonds is 10. The van der Waals surface area contributed by atoms with Gasteiger partial charge in [-0.05, 0) is 31.6 Å². The summed E-state index contributed by atoms with van der Waals surface area (Å²) >= 11 is 0. The zero-order valence-electron chi connectivity index (χ0n) is 13.7. The molecule has 1 atom stereocenters. The summed E-state index contributed by atoms with van der Waals surface area (Å²) in [6, 6.07) is 0. The number of hydrogen-bond donors (Lipinski definition) is 2. The maximum atomic E-state index is 11.8. The molecule has 1 unspecified atom stereocenters. The van der Waals surface area contributed by atoms with Gasteiger partial charge in [-0.25, -0.2) is 0 Å². The second kappa shape index (κ2) is 8.08. The number of aromatic nitrogens is 2. The van der Waals surface area contributed by atoms with Crippen LogP contribution in [0.5, 0.6) is 0 Å². The van der Waals surface area contributed by atoms with Crippen molar-refractivity contribution >= 4 is 11.9 Å². The minimum atomic E-state index is -0.863. The lowest BCUT2D eigenvalue weighted by Crippen LogP contribution is -2.33. The van der Waals surface area contributed by atoms with E-state index < -0.39 is 11.9 Å². The Morgan fingerprint density at radius 2 is 2.13 bits per heavy atom. The van der Waals surface area contributed by atoms with Crippen molar-refractivity contribution in [3.05, 3.63) is 11.7 Å². The molecule has 0 saturated heterocycles. The Morgan fingerprint density at radius 1 is 1.39 bits per heavy atom. The van der Waals surface area contributed by atoms with Gasteiger partial charge in [0, 0.05) is 25.3 Å². The number of carboxylic acids is 1. The third-order valence-corrected chi connectivity index (χ3v) is 3.87. The average Bonchev–Trinajstić information content (AvgIpc) is 3.23. The van der Waals surface area contributed by atoms with Crippen LogP contribution in [0, 0.1) is 11.8 Å². The molecule has 0 bridgehead atoms. The Labute approximate surface area is 135 Å². The number of carbonyl (C=O) groups is 2. The molecule has 0 aliphatic heterocycles. The van der Waals surface area contributed by atoms with Gasteiger partial charge in [-0.1, -0.05) is 19.0 Å². The first-order chi connectivity index (χ1) is 11.0. The van der Waals surface area contributed by atoms with E-state index in [1.54, 1.807) is 0 Å². The molecule has 7 nitrogen and oxygen atoms in total. The van der Waals surface area contributed by atoms with Gasteiger partial charge >= 0.3 is 5.97 Å². The molecule has 128 valence electrons. The molecule has 7 heteroatoms. The fourth-order valence-corrected chi connectivity index (χ4v) is 2.44. The quantitative estimate of drug-likeness (QED) is 0.683. The second-order valence-corrected chi connectivity index (χ2v) is 6.64. The topological polar surface area (TPSA) is 105 Å². The van der Waals surface area contributed by atoms with E-state index in [9.17, 15) is 9.59 Å². The third-order valence-electron chi connectivity index (χ3n) is 3.87.